The molecule has 3 nitrogen and oxygen atoms in total. The Morgan fingerprint density at radius 2 is 1.86 bits per heavy atom. The second-order valence-electron chi connectivity index (χ2n) is 8.07. The van der Waals surface area contributed by atoms with Crippen LogP contribution in [0.4, 0.5) is 4.79 Å². The topological polar surface area (TPSA) is 41.1 Å². The van der Waals surface area contributed by atoms with Gasteiger partial charge in [0.25, 0.3) is 0 Å². The van der Waals surface area contributed by atoms with E-state index in [0.717, 1.165) is 37.3 Å². The maximum Gasteiger partial charge on any atom is 0.314 e. The van der Waals surface area contributed by atoms with Crippen molar-refractivity contribution >= 4 is 6.03 Å². The van der Waals surface area contributed by atoms with E-state index >= 15 is 0 Å². The zero-order valence-electron chi connectivity index (χ0n) is 13.6. The van der Waals surface area contributed by atoms with E-state index in [1.165, 1.54) is 57.8 Å². The molecule has 2 N–H and O–H groups in total. The van der Waals surface area contributed by atoms with Crippen LogP contribution in [0.3, 0.4) is 0 Å². The standard InChI is InChI=1S/C18H32N2O/c1-14-4-2-3-5-16(14)8-11-19-17(21)20-13-18-9-6-15(12-18)7-10-18/h14-16H,2-13H2,1H3,(H2,19,20,21). The number of hydrogen-bond acceptors (Lipinski definition) is 1. The molecule has 0 radical (unpaired) electrons. The van der Waals surface area contributed by atoms with Crippen molar-refractivity contribution in [2.24, 2.45) is 23.2 Å². The van der Waals surface area contributed by atoms with Gasteiger partial charge in [-0.25, -0.2) is 4.79 Å². The van der Waals surface area contributed by atoms with Crippen LogP contribution in [0.2, 0.25) is 0 Å². The number of hydrogen-bond donors (Lipinski definition) is 2. The lowest BCUT2D eigenvalue weighted by Crippen LogP contribution is -2.42. The molecule has 2 amide bonds. The Kier molecular flexibility index (Phi) is 4.75. The van der Waals surface area contributed by atoms with Crippen LogP contribution in [-0.4, -0.2) is 19.1 Å². The van der Waals surface area contributed by atoms with Crippen LogP contribution in [0, 0.1) is 23.2 Å². The van der Waals surface area contributed by atoms with Gasteiger partial charge in [0.05, 0.1) is 0 Å². The van der Waals surface area contributed by atoms with Crippen LogP contribution in [0.1, 0.15) is 71.1 Å². The first-order chi connectivity index (χ1) is 10.2. The number of rotatable bonds is 5. The summed E-state index contributed by atoms with van der Waals surface area (Å²) in [6.07, 6.45) is 13.5. The lowest BCUT2D eigenvalue weighted by molar-refractivity contribution is 0.219. The third-order valence-corrected chi connectivity index (χ3v) is 6.60. The van der Waals surface area contributed by atoms with Crippen molar-refractivity contribution in [1.82, 2.24) is 10.6 Å². The van der Waals surface area contributed by atoms with E-state index in [9.17, 15) is 4.79 Å². The van der Waals surface area contributed by atoms with Gasteiger partial charge in [0, 0.05) is 13.1 Å². The molecular weight excluding hydrogens is 260 g/mol. The number of urea groups is 1. The minimum Gasteiger partial charge on any atom is -0.338 e. The predicted octanol–water partition coefficient (Wildman–Crippen LogP) is 4.08. The average Bonchev–Trinajstić information content (AvgIpc) is 3.08. The summed E-state index contributed by atoms with van der Waals surface area (Å²) in [5.41, 5.74) is 0.458. The van der Waals surface area contributed by atoms with Gasteiger partial charge in [-0.3, -0.25) is 0 Å². The molecule has 3 heteroatoms. The quantitative estimate of drug-likeness (QED) is 0.787. The van der Waals surface area contributed by atoms with Gasteiger partial charge in [-0.15, -0.1) is 0 Å². The molecule has 3 saturated carbocycles. The first-order valence-electron chi connectivity index (χ1n) is 9.19. The van der Waals surface area contributed by atoms with E-state index in [1.54, 1.807) is 0 Å². The van der Waals surface area contributed by atoms with Gasteiger partial charge >= 0.3 is 6.03 Å². The van der Waals surface area contributed by atoms with Crippen LogP contribution >= 0.6 is 0 Å². The van der Waals surface area contributed by atoms with E-state index in [4.69, 9.17) is 0 Å². The summed E-state index contributed by atoms with van der Waals surface area (Å²) in [7, 11) is 0. The number of carbonyl (C=O) groups is 1. The first-order valence-corrected chi connectivity index (χ1v) is 9.19. The smallest absolute Gasteiger partial charge is 0.314 e. The van der Waals surface area contributed by atoms with Crippen LogP contribution < -0.4 is 10.6 Å². The van der Waals surface area contributed by atoms with E-state index in [0.29, 0.717) is 5.41 Å². The molecule has 3 aliphatic rings. The lowest BCUT2D eigenvalue weighted by Gasteiger charge is -2.29. The fourth-order valence-electron chi connectivity index (χ4n) is 5.08. The highest BCUT2D eigenvalue weighted by Gasteiger charge is 2.44. The molecule has 2 atom stereocenters. The summed E-state index contributed by atoms with van der Waals surface area (Å²) >= 11 is 0. The molecule has 3 rings (SSSR count). The van der Waals surface area contributed by atoms with Crippen molar-refractivity contribution in [3.8, 4) is 0 Å². The summed E-state index contributed by atoms with van der Waals surface area (Å²) in [5.74, 6) is 2.63. The van der Waals surface area contributed by atoms with Crippen molar-refractivity contribution in [2.75, 3.05) is 13.1 Å². The molecular formula is C18H32N2O. The molecule has 120 valence electrons. The molecule has 2 unspecified atom stereocenters. The monoisotopic (exact) mass is 292 g/mol. The van der Waals surface area contributed by atoms with Crippen molar-refractivity contribution in [1.29, 1.82) is 0 Å². The minimum atomic E-state index is 0.0585. The zero-order valence-corrected chi connectivity index (χ0v) is 13.6. The summed E-state index contributed by atoms with van der Waals surface area (Å²) in [4.78, 5) is 12.0. The Morgan fingerprint density at radius 1 is 1.10 bits per heavy atom. The molecule has 3 fully saturated rings. The van der Waals surface area contributed by atoms with Crippen molar-refractivity contribution in [3.63, 3.8) is 0 Å². The highest BCUT2D eigenvalue weighted by molar-refractivity contribution is 5.73. The summed E-state index contributed by atoms with van der Waals surface area (Å²) in [6.45, 7) is 4.12. The van der Waals surface area contributed by atoms with Gasteiger partial charge in [0.15, 0.2) is 0 Å². The Bertz CT molecular complexity index is 360. The van der Waals surface area contributed by atoms with Gasteiger partial charge in [0.1, 0.15) is 0 Å². The third kappa shape index (κ3) is 3.73. The molecule has 0 saturated heterocycles. The van der Waals surface area contributed by atoms with Crippen LogP contribution in [0.15, 0.2) is 0 Å². The van der Waals surface area contributed by atoms with Gasteiger partial charge in [0.2, 0.25) is 0 Å². The molecule has 0 aromatic heterocycles. The highest BCUT2D eigenvalue weighted by Crippen LogP contribution is 2.53. The number of amides is 2. The lowest BCUT2D eigenvalue weighted by atomic mass is 9.79. The molecule has 21 heavy (non-hydrogen) atoms. The van der Waals surface area contributed by atoms with E-state index < -0.39 is 0 Å². The average molecular weight is 292 g/mol. The van der Waals surface area contributed by atoms with E-state index in [-0.39, 0.29) is 6.03 Å². The predicted molar refractivity (Wildman–Crippen MR) is 86.1 cm³/mol. The summed E-state index contributed by atoms with van der Waals surface area (Å²) in [5, 5.41) is 6.22. The Morgan fingerprint density at radius 3 is 2.52 bits per heavy atom. The van der Waals surface area contributed by atoms with Gasteiger partial charge < -0.3 is 10.6 Å². The second-order valence-corrected chi connectivity index (χ2v) is 8.07. The van der Waals surface area contributed by atoms with Crippen molar-refractivity contribution in [3.05, 3.63) is 0 Å². The summed E-state index contributed by atoms with van der Waals surface area (Å²) < 4.78 is 0. The molecule has 0 aromatic carbocycles. The third-order valence-electron chi connectivity index (χ3n) is 6.60. The molecule has 3 aliphatic carbocycles. The van der Waals surface area contributed by atoms with Crippen molar-refractivity contribution in [2.45, 2.75) is 71.1 Å². The fraction of sp³-hybridized carbons (Fsp3) is 0.944. The first kappa shape index (κ1) is 15.2. The normalized spacial score (nSPS) is 38.4. The molecule has 0 spiro atoms. The molecule has 0 heterocycles. The second kappa shape index (κ2) is 6.58. The minimum absolute atomic E-state index is 0.0585. The molecule has 0 aliphatic heterocycles. The Hall–Kier alpha value is -0.730. The van der Waals surface area contributed by atoms with Crippen LogP contribution in [0.25, 0.3) is 0 Å². The number of fused-ring (bicyclic) bond motifs is 2. The zero-order chi connectivity index (χ0) is 14.7. The van der Waals surface area contributed by atoms with Crippen LogP contribution in [-0.2, 0) is 0 Å². The maximum atomic E-state index is 12.0. The summed E-state index contributed by atoms with van der Waals surface area (Å²) in [6, 6.07) is 0.0585. The largest absolute Gasteiger partial charge is 0.338 e. The van der Waals surface area contributed by atoms with Crippen molar-refractivity contribution < 1.29 is 4.79 Å². The van der Waals surface area contributed by atoms with Gasteiger partial charge in [-0.2, -0.15) is 0 Å². The molecule has 0 aromatic rings. The van der Waals surface area contributed by atoms with Gasteiger partial charge in [-0.05, 0) is 61.7 Å². The molecule has 2 bridgehead atoms. The van der Waals surface area contributed by atoms with E-state index in [1.807, 2.05) is 0 Å². The Labute approximate surface area is 129 Å². The Balaban J connectivity index is 1.31. The SMILES string of the molecule is CC1CCCCC1CCNC(=O)NCC12CCC(CC1)C2. The van der Waals surface area contributed by atoms with E-state index in [2.05, 4.69) is 17.6 Å². The number of nitrogens with one attached hydrogen (secondary N) is 2. The fourth-order valence-corrected chi connectivity index (χ4v) is 5.08. The highest BCUT2D eigenvalue weighted by atomic mass is 16.2. The van der Waals surface area contributed by atoms with Gasteiger partial charge in [-0.1, -0.05) is 32.6 Å². The van der Waals surface area contributed by atoms with Crippen LogP contribution in [0.5, 0.6) is 0 Å². The number of carbonyl (C=O) groups excluding carboxylic acids is 1. The maximum absolute atomic E-state index is 12.0.